The molecule has 5 nitrogen and oxygen atoms in total. The Morgan fingerprint density at radius 2 is 1.91 bits per heavy atom. The fourth-order valence-corrected chi connectivity index (χ4v) is 2.60. The number of benzene rings is 2. The van der Waals surface area contributed by atoms with Crippen molar-refractivity contribution < 1.29 is 8.83 Å². The molecule has 4 aromatic rings. The van der Waals surface area contributed by atoms with E-state index < -0.39 is 5.63 Å². The average molecular weight is 327 g/mol. The summed E-state index contributed by atoms with van der Waals surface area (Å²) in [6.45, 7) is 0. The van der Waals surface area contributed by atoms with Crippen LogP contribution in [0.25, 0.3) is 33.5 Å². The van der Waals surface area contributed by atoms with Crippen molar-refractivity contribution in [3.63, 3.8) is 0 Å². The summed E-state index contributed by atoms with van der Waals surface area (Å²) >= 11 is 5.94. The zero-order valence-corrected chi connectivity index (χ0v) is 12.8. The summed E-state index contributed by atoms with van der Waals surface area (Å²) < 4.78 is 11.0. The van der Waals surface area contributed by atoms with Gasteiger partial charge in [0.2, 0.25) is 5.89 Å². The summed E-state index contributed by atoms with van der Waals surface area (Å²) in [6, 6.07) is 12.4. The van der Waals surface area contributed by atoms with Crippen molar-refractivity contribution in [2.75, 3.05) is 12.4 Å². The van der Waals surface area contributed by atoms with Crippen LogP contribution in [0.5, 0.6) is 0 Å². The third-order valence-electron chi connectivity index (χ3n) is 3.60. The van der Waals surface area contributed by atoms with Crippen LogP contribution in [-0.4, -0.2) is 12.0 Å². The third-order valence-corrected chi connectivity index (χ3v) is 3.84. The summed E-state index contributed by atoms with van der Waals surface area (Å²) in [5.74, 6) is 0.218. The molecule has 0 amide bonds. The minimum atomic E-state index is -0.497. The van der Waals surface area contributed by atoms with Crippen LogP contribution in [0.2, 0.25) is 5.02 Å². The van der Waals surface area contributed by atoms with E-state index in [1.54, 1.807) is 37.4 Å². The van der Waals surface area contributed by atoms with Gasteiger partial charge in [-0.15, -0.1) is 0 Å². The molecular weight excluding hydrogens is 316 g/mol. The van der Waals surface area contributed by atoms with Crippen LogP contribution < -0.4 is 10.9 Å². The Morgan fingerprint density at radius 3 is 2.74 bits per heavy atom. The maximum absolute atomic E-state index is 12.3. The number of nitrogens with zero attached hydrogens (tertiary/aromatic N) is 1. The monoisotopic (exact) mass is 326 g/mol. The second-order valence-electron chi connectivity index (χ2n) is 5.08. The Morgan fingerprint density at radius 1 is 1.04 bits per heavy atom. The summed E-state index contributed by atoms with van der Waals surface area (Å²) in [5.41, 5.74) is 2.31. The van der Waals surface area contributed by atoms with E-state index in [0.29, 0.717) is 21.7 Å². The highest BCUT2D eigenvalue weighted by Gasteiger charge is 2.15. The van der Waals surface area contributed by atoms with Crippen LogP contribution in [0.3, 0.4) is 0 Å². The maximum atomic E-state index is 12.3. The molecule has 114 valence electrons. The van der Waals surface area contributed by atoms with Crippen molar-refractivity contribution in [3.05, 3.63) is 57.9 Å². The molecule has 2 aromatic carbocycles. The van der Waals surface area contributed by atoms with Gasteiger partial charge < -0.3 is 14.2 Å². The molecule has 4 rings (SSSR count). The number of fused-ring (bicyclic) bond motifs is 2. The molecule has 2 heterocycles. The van der Waals surface area contributed by atoms with Gasteiger partial charge in [0.25, 0.3) is 0 Å². The standard InChI is InChI=1S/C17H11ClN2O3/c1-19-11-4-2-9-6-12(17(21)23-15(9)8-11)16-20-13-7-10(18)3-5-14(13)22-16/h2-8,19H,1H3. The van der Waals surface area contributed by atoms with Gasteiger partial charge >= 0.3 is 5.63 Å². The van der Waals surface area contributed by atoms with Crippen LogP contribution >= 0.6 is 11.6 Å². The highest BCUT2D eigenvalue weighted by Crippen LogP contribution is 2.27. The van der Waals surface area contributed by atoms with Gasteiger partial charge in [-0.2, -0.15) is 0 Å². The highest BCUT2D eigenvalue weighted by atomic mass is 35.5. The highest BCUT2D eigenvalue weighted by molar-refractivity contribution is 6.31. The SMILES string of the molecule is CNc1ccc2cc(-c3nc4cc(Cl)ccc4o3)c(=O)oc2c1. The largest absolute Gasteiger partial charge is 0.436 e. The average Bonchev–Trinajstić information content (AvgIpc) is 2.96. The molecule has 6 heteroatoms. The fraction of sp³-hybridized carbons (Fsp3) is 0.0588. The van der Waals surface area contributed by atoms with E-state index in [-0.39, 0.29) is 11.5 Å². The molecule has 0 spiro atoms. The van der Waals surface area contributed by atoms with Gasteiger partial charge in [-0.1, -0.05) is 11.6 Å². The predicted molar refractivity (Wildman–Crippen MR) is 90.0 cm³/mol. The molecule has 1 N–H and O–H groups in total. The number of anilines is 1. The molecule has 0 bridgehead atoms. The quantitative estimate of drug-likeness (QED) is 0.556. The molecule has 0 saturated carbocycles. The van der Waals surface area contributed by atoms with E-state index in [1.165, 1.54) is 0 Å². The Labute approximate surface area is 135 Å². The number of hydrogen-bond donors (Lipinski definition) is 1. The first-order valence-electron chi connectivity index (χ1n) is 6.96. The normalized spacial score (nSPS) is 11.2. The Bertz CT molecular complexity index is 1100. The van der Waals surface area contributed by atoms with E-state index >= 15 is 0 Å². The Balaban J connectivity index is 1.92. The minimum Gasteiger partial charge on any atom is -0.436 e. The molecule has 2 aromatic heterocycles. The molecule has 0 atom stereocenters. The second-order valence-corrected chi connectivity index (χ2v) is 5.52. The van der Waals surface area contributed by atoms with Gasteiger partial charge in [0.05, 0.1) is 0 Å². The van der Waals surface area contributed by atoms with E-state index in [4.69, 9.17) is 20.4 Å². The first kappa shape index (κ1) is 13.8. The Kier molecular flexibility index (Phi) is 3.09. The molecule has 0 radical (unpaired) electrons. The van der Waals surface area contributed by atoms with Crippen molar-refractivity contribution in [2.45, 2.75) is 0 Å². The van der Waals surface area contributed by atoms with Crippen molar-refractivity contribution in [1.29, 1.82) is 0 Å². The number of nitrogens with one attached hydrogen (secondary N) is 1. The van der Waals surface area contributed by atoms with E-state index in [9.17, 15) is 4.79 Å². The van der Waals surface area contributed by atoms with Crippen molar-refractivity contribution in [1.82, 2.24) is 4.98 Å². The van der Waals surface area contributed by atoms with Gasteiger partial charge in [-0.25, -0.2) is 9.78 Å². The minimum absolute atomic E-state index is 0.218. The first-order chi connectivity index (χ1) is 11.1. The van der Waals surface area contributed by atoms with Gasteiger partial charge in [0, 0.05) is 29.2 Å². The lowest BCUT2D eigenvalue weighted by molar-refractivity contribution is 0.553. The van der Waals surface area contributed by atoms with Crippen molar-refractivity contribution in [2.24, 2.45) is 0 Å². The molecular formula is C17H11ClN2O3. The zero-order chi connectivity index (χ0) is 16.0. The zero-order valence-electron chi connectivity index (χ0n) is 12.1. The van der Waals surface area contributed by atoms with Gasteiger partial charge in [-0.3, -0.25) is 0 Å². The predicted octanol–water partition coefficient (Wildman–Crippen LogP) is 4.30. The smallest absolute Gasteiger partial charge is 0.349 e. The molecule has 0 saturated heterocycles. The summed E-state index contributed by atoms with van der Waals surface area (Å²) in [5, 5.41) is 4.35. The number of rotatable bonds is 2. The molecule has 0 fully saturated rings. The van der Waals surface area contributed by atoms with Crippen LogP contribution in [0.15, 0.2) is 56.1 Å². The van der Waals surface area contributed by atoms with Crippen molar-refractivity contribution in [3.8, 4) is 11.5 Å². The lowest BCUT2D eigenvalue weighted by atomic mass is 10.1. The molecule has 0 aliphatic carbocycles. The fourth-order valence-electron chi connectivity index (χ4n) is 2.43. The molecule has 23 heavy (non-hydrogen) atoms. The van der Waals surface area contributed by atoms with Crippen LogP contribution in [0.1, 0.15) is 0 Å². The van der Waals surface area contributed by atoms with Gasteiger partial charge in [0.1, 0.15) is 16.7 Å². The van der Waals surface area contributed by atoms with Gasteiger partial charge in [0.15, 0.2) is 5.58 Å². The second kappa shape index (κ2) is 5.14. The lowest BCUT2D eigenvalue weighted by Gasteiger charge is -2.02. The number of oxazole rings is 1. The van der Waals surface area contributed by atoms with Crippen LogP contribution in [-0.2, 0) is 0 Å². The number of halogens is 1. The lowest BCUT2D eigenvalue weighted by Crippen LogP contribution is -2.03. The molecule has 0 unspecified atom stereocenters. The van der Waals surface area contributed by atoms with Gasteiger partial charge in [-0.05, 0) is 36.4 Å². The first-order valence-corrected chi connectivity index (χ1v) is 7.34. The van der Waals surface area contributed by atoms with Crippen LogP contribution in [0, 0.1) is 0 Å². The van der Waals surface area contributed by atoms with Crippen molar-refractivity contribution >= 4 is 39.4 Å². The summed E-state index contributed by atoms with van der Waals surface area (Å²) in [6.07, 6.45) is 0. The van der Waals surface area contributed by atoms with E-state index in [0.717, 1.165) is 11.1 Å². The Hall–Kier alpha value is -2.79. The number of hydrogen-bond acceptors (Lipinski definition) is 5. The van der Waals surface area contributed by atoms with E-state index in [1.807, 2.05) is 12.1 Å². The summed E-state index contributed by atoms with van der Waals surface area (Å²) in [4.78, 5) is 16.6. The molecule has 0 aliphatic heterocycles. The topological polar surface area (TPSA) is 68.3 Å². The van der Waals surface area contributed by atoms with Crippen LogP contribution in [0.4, 0.5) is 5.69 Å². The van der Waals surface area contributed by atoms with E-state index in [2.05, 4.69) is 10.3 Å². The molecule has 0 aliphatic rings. The summed E-state index contributed by atoms with van der Waals surface area (Å²) in [7, 11) is 1.80. The maximum Gasteiger partial charge on any atom is 0.349 e. The third kappa shape index (κ3) is 2.35. The number of aromatic nitrogens is 1.